The first-order valence-corrected chi connectivity index (χ1v) is 11.8. The first-order valence-electron chi connectivity index (χ1n) is 10.9. The van der Waals surface area contributed by atoms with Crippen LogP contribution < -0.4 is 28.6 Å². The van der Waals surface area contributed by atoms with Gasteiger partial charge in [-0.15, -0.1) is 11.8 Å². The van der Waals surface area contributed by atoms with Gasteiger partial charge in [-0.25, -0.2) is 0 Å². The molecule has 5 rings (SSSR count). The van der Waals surface area contributed by atoms with Gasteiger partial charge in [-0.1, -0.05) is 18.2 Å². The number of methoxy groups -OCH3 is 3. The molecular weight excluding hydrogens is 438 g/mol. The summed E-state index contributed by atoms with van der Waals surface area (Å²) in [6.07, 6.45) is 0.976. The Labute approximate surface area is 198 Å². The summed E-state index contributed by atoms with van der Waals surface area (Å²) in [6, 6.07) is 18.7. The number of hydrogen-bond donors (Lipinski definition) is 0. The van der Waals surface area contributed by atoms with Gasteiger partial charge in [0.25, 0.3) is 0 Å². The van der Waals surface area contributed by atoms with E-state index in [0.717, 1.165) is 42.3 Å². The minimum absolute atomic E-state index is 0.221. The molecule has 0 amide bonds. The van der Waals surface area contributed by atoms with E-state index in [-0.39, 0.29) is 12.0 Å². The van der Waals surface area contributed by atoms with Crippen LogP contribution in [0.25, 0.3) is 0 Å². The van der Waals surface area contributed by atoms with Gasteiger partial charge in [0.05, 0.1) is 27.0 Å². The fourth-order valence-electron chi connectivity index (χ4n) is 4.39. The Morgan fingerprint density at radius 1 is 0.939 bits per heavy atom. The van der Waals surface area contributed by atoms with E-state index < -0.39 is 0 Å². The first kappa shape index (κ1) is 21.6. The van der Waals surface area contributed by atoms with Crippen molar-refractivity contribution in [1.82, 2.24) is 0 Å². The molecule has 172 valence electrons. The molecule has 6 nitrogen and oxygen atoms in total. The average Bonchev–Trinajstić information content (AvgIpc) is 3.26. The number of anilines is 1. The first-order chi connectivity index (χ1) is 16.2. The number of rotatable bonds is 6. The number of thioether (sulfide) groups is 1. The van der Waals surface area contributed by atoms with E-state index in [1.807, 2.05) is 42.1 Å². The van der Waals surface area contributed by atoms with E-state index in [1.165, 1.54) is 16.1 Å². The Morgan fingerprint density at radius 2 is 1.79 bits per heavy atom. The quantitative estimate of drug-likeness (QED) is 0.464. The van der Waals surface area contributed by atoms with Crippen LogP contribution in [0.3, 0.4) is 0 Å². The number of hydrogen-bond acceptors (Lipinski definition) is 7. The molecule has 3 aromatic carbocycles. The monoisotopic (exact) mass is 465 g/mol. The van der Waals surface area contributed by atoms with Crippen molar-refractivity contribution in [3.05, 3.63) is 65.7 Å². The summed E-state index contributed by atoms with van der Waals surface area (Å²) in [4.78, 5) is 3.60. The predicted molar refractivity (Wildman–Crippen MR) is 129 cm³/mol. The molecule has 0 aliphatic carbocycles. The second-order valence-corrected chi connectivity index (χ2v) is 9.17. The number of fused-ring (bicyclic) bond motifs is 2. The molecular formula is C26H27NO5S. The summed E-state index contributed by atoms with van der Waals surface area (Å²) >= 11 is 1.86. The highest BCUT2D eigenvalue weighted by atomic mass is 32.2. The minimum Gasteiger partial charge on any atom is -0.497 e. The zero-order valence-electron chi connectivity index (χ0n) is 19.0. The maximum atomic E-state index is 5.67. The predicted octanol–water partition coefficient (Wildman–Crippen LogP) is 5.68. The van der Waals surface area contributed by atoms with Crippen LogP contribution in [-0.2, 0) is 6.54 Å². The average molecular weight is 466 g/mol. The number of benzene rings is 3. The summed E-state index contributed by atoms with van der Waals surface area (Å²) in [6.45, 7) is 1.84. The molecule has 7 heteroatoms. The van der Waals surface area contributed by atoms with Gasteiger partial charge < -0.3 is 28.6 Å². The SMILES string of the molecule is COc1ccc2c(c1)S[C@@H](c1ccccc1OC)CCN2Cc1cc(OC)c2c(c1)OCO2. The van der Waals surface area contributed by atoms with Gasteiger partial charge in [0.2, 0.25) is 12.5 Å². The molecule has 2 aliphatic rings. The van der Waals surface area contributed by atoms with E-state index in [0.29, 0.717) is 11.5 Å². The molecule has 33 heavy (non-hydrogen) atoms. The van der Waals surface area contributed by atoms with Gasteiger partial charge in [-0.05, 0) is 48.4 Å². The Morgan fingerprint density at radius 3 is 2.61 bits per heavy atom. The molecule has 0 N–H and O–H groups in total. The molecule has 0 fully saturated rings. The normalized spacial score (nSPS) is 16.7. The molecule has 2 aliphatic heterocycles. The van der Waals surface area contributed by atoms with Crippen molar-refractivity contribution < 1.29 is 23.7 Å². The Bertz CT molecular complexity index is 1150. The highest BCUT2D eigenvalue weighted by Gasteiger charge is 2.27. The van der Waals surface area contributed by atoms with Crippen molar-refractivity contribution in [3.8, 4) is 28.7 Å². The van der Waals surface area contributed by atoms with Crippen LogP contribution in [0.1, 0.15) is 22.8 Å². The Hall–Kier alpha value is -3.19. The van der Waals surface area contributed by atoms with Crippen LogP contribution in [0.2, 0.25) is 0 Å². The van der Waals surface area contributed by atoms with E-state index in [9.17, 15) is 0 Å². The summed E-state index contributed by atoms with van der Waals surface area (Å²) in [5.41, 5.74) is 3.51. The highest BCUT2D eigenvalue weighted by molar-refractivity contribution is 7.99. The van der Waals surface area contributed by atoms with Crippen LogP contribution in [0, 0.1) is 0 Å². The maximum absolute atomic E-state index is 5.67. The molecule has 3 aromatic rings. The topological polar surface area (TPSA) is 49.4 Å². The van der Waals surface area contributed by atoms with Crippen LogP contribution in [0.15, 0.2) is 59.5 Å². The molecule has 0 aromatic heterocycles. The van der Waals surface area contributed by atoms with Crippen molar-refractivity contribution in [2.75, 3.05) is 39.6 Å². The number of para-hydroxylation sites is 1. The van der Waals surface area contributed by atoms with E-state index in [2.05, 4.69) is 29.2 Å². The number of nitrogens with zero attached hydrogens (tertiary/aromatic N) is 1. The highest BCUT2D eigenvalue weighted by Crippen LogP contribution is 2.49. The van der Waals surface area contributed by atoms with Gasteiger partial charge in [0, 0.05) is 28.8 Å². The second kappa shape index (κ2) is 9.35. The third-order valence-corrected chi connectivity index (χ3v) is 7.37. The molecule has 0 unspecified atom stereocenters. The summed E-state index contributed by atoms with van der Waals surface area (Å²) in [5, 5.41) is 0.267. The van der Waals surface area contributed by atoms with E-state index in [1.54, 1.807) is 21.3 Å². The summed E-state index contributed by atoms with van der Waals surface area (Å²) in [5.74, 6) is 3.88. The lowest BCUT2D eigenvalue weighted by atomic mass is 10.1. The summed E-state index contributed by atoms with van der Waals surface area (Å²) < 4.78 is 28.0. The van der Waals surface area contributed by atoms with Gasteiger partial charge >= 0.3 is 0 Å². The van der Waals surface area contributed by atoms with E-state index >= 15 is 0 Å². The van der Waals surface area contributed by atoms with Gasteiger partial charge in [-0.3, -0.25) is 0 Å². The van der Waals surface area contributed by atoms with Crippen molar-refractivity contribution >= 4 is 17.4 Å². The van der Waals surface area contributed by atoms with Crippen molar-refractivity contribution in [2.24, 2.45) is 0 Å². The van der Waals surface area contributed by atoms with Gasteiger partial charge in [0.15, 0.2) is 11.5 Å². The molecule has 0 saturated carbocycles. The largest absolute Gasteiger partial charge is 0.497 e. The zero-order chi connectivity index (χ0) is 22.8. The Balaban J connectivity index is 1.50. The van der Waals surface area contributed by atoms with Crippen molar-refractivity contribution in [3.63, 3.8) is 0 Å². The minimum atomic E-state index is 0.221. The molecule has 0 spiro atoms. The lowest BCUT2D eigenvalue weighted by Gasteiger charge is -2.25. The second-order valence-electron chi connectivity index (χ2n) is 7.92. The van der Waals surface area contributed by atoms with Crippen molar-refractivity contribution in [2.45, 2.75) is 23.1 Å². The van der Waals surface area contributed by atoms with Crippen LogP contribution in [0.5, 0.6) is 28.7 Å². The van der Waals surface area contributed by atoms with Gasteiger partial charge in [-0.2, -0.15) is 0 Å². The fraction of sp³-hybridized carbons (Fsp3) is 0.308. The smallest absolute Gasteiger partial charge is 0.231 e. The standard InChI is InChI=1S/C26H27NO5S/c1-28-18-8-9-20-25(14-18)33-24(19-6-4-5-7-21(19)29-2)10-11-27(20)15-17-12-22(30-3)26-23(13-17)31-16-32-26/h4-9,12-14,24H,10-11,15-16H2,1-3H3/t24-/m1/s1. The molecule has 1 atom stereocenters. The zero-order valence-corrected chi connectivity index (χ0v) is 19.8. The van der Waals surface area contributed by atoms with Crippen LogP contribution in [-0.4, -0.2) is 34.7 Å². The van der Waals surface area contributed by atoms with Crippen LogP contribution in [0.4, 0.5) is 5.69 Å². The van der Waals surface area contributed by atoms with Crippen molar-refractivity contribution in [1.29, 1.82) is 0 Å². The summed E-state index contributed by atoms with van der Waals surface area (Å²) in [7, 11) is 5.09. The molecule has 0 bridgehead atoms. The molecule has 2 heterocycles. The third kappa shape index (κ3) is 4.25. The molecule has 0 saturated heterocycles. The maximum Gasteiger partial charge on any atom is 0.231 e. The Kier molecular flexibility index (Phi) is 6.13. The van der Waals surface area contributed by atoms with E-state index in [4.69, 9.17) is 23.7 Å². The number of ether oxygens (including phenoxy) is 5. The lowest BCUT2D eigenvalue weighted by Crippen LogP contribution is -2.24. The third-order valence-electron chi connectivity index (χ3n) is 6.02. The van der Waals surface area contributed by atoms with Crippen LogP contribution >= 0.6 is 11.8 Å². The lowest BCUT2D eigenvalue weighted by molar-refractivity contribution is 0.171. The van der Waals surface area contributed by atoms with Gasteiger partial charge in [0.1, 0.15) is 11.5 Å². The fourth-order valence-corrected chi connectivity index (χ4v) is 5.75. The molecule has 0 radical (unpaired) electrons.